The number of aryl methyl sites for hydroxylation is 2. The van der Waals surface area contributed by atoms with Crippen molar-refractivity contribution >= 4 is 5.82 Å². The van der Waals surface area contributed by atoms with Crippen molar-refractivity contribution in [1.82, 2.24) is 20.0 Å². The maximum Gasteiger partial charge on any atom is 0.147 e. The molecular formula is C23H27N5O. The van der Waals surface area contributed by atoms with Gasteiger partial charge in [0.25, 0.3) is 0 Å². The van der Waals surface area contributed by atoms with Crippen LogP contribution in [-0.2, 0) is 18.5 Å². The Labute approximate surface area is 171 Å². The SMILES string of the molecule is Cc1noc(C)c1CN1Cc2ccccc2C2(CCN(c3cnccn3)CC2)C1. The lowest BCUT2D eigenvalue weighted by Crippen LogP contribution is -2.52. The smallest absolute Gasteiger partial charge is 0.147 e. The molecule has 0 radical (unpaired) electrons. The summed E-state index contributed by atoms with van der Waals surface area (Å²) < 4.78 is 5.41. The molecule has 0 bridgehead atoms. The van der Waals surface area contributed by atoms with Crippen LogP contribution >= 0.6 is 0 Å². The van der Waals surface area contributed by atoms with Crippen LogP contribution in [0.25, 0.3) is 0 Å². The van der Waals surface area contributed by atoms with Crippen molar-refractivity contribution in [2.24, 2.45) is 0 Å². The van der Waals surface area contributed by atoms with Crippen LogP contribution in [-0.4, -0.2) is 39.7 Å². The summed E-state index contributed by atoms with van der Waals surface area (Å²) in [5.74, 6) is 1.92. The predicted molar refractivity (Wildman–Crippen MR) is 112 cm³/mol. The lowest BCUT2D eigenvalue weighted by molar-refractivity contribution is 0.145. The van der Waals surface area contributed by atoms with Crippen LogP contribution in [0.4, 0.5) is 5.82 Å². The van der Waals surface area contributed by atoms with Gasteiger partial charge in [0, 0.05) is 56.1 Å². The van der Waals surface area contributed by atoms with E-state index >= 15 is 0 Å². The normalized spacial score (nSPS) is 18.8. The van der Waals surface area contributed by atoms with Gasteiger partial charge in [-0.3, -0.25) is 9.88 Å². The topological polar surface area (TPSA) is 58.3 Å². The third-order valence-electron chi connectivity index (χ3n) is 6.67. The van der Waals surface area contributed by atoms with Gasteiger partial charge in [-0.15, -0.1) is 0 Å². The number of aromatic nitrogens is 3. The molecule has 3 aromatic rings. The Morgan fingerprint density at radius 2 is 1.93 bits per heavy atom. The van der Waals surface area contributed by atoms with Crippen LogP contribution in [0.3, 0.4) is 0 Å². The molecule has 29 heavy (non-hydrogen) atoms. The van der Waals surface area contributed by atoms with Crippen molar-refractivity contribution in [3.8, 4) is 0 Å². The van der Waals surface area contributed by atoms with E-state index < -0.39 is 0 Å². The van der Waals surface area contributed by atoms with Crippen LogP contribution in [0, 0.1) is 13.8 Å². The maximum atomic E-state index is 5.41. The number of nitrogens with zero attached hydrogens (tertiary/aromatic N) is 5. The second-order valence-electron chi connectivity index (χ2n) is 8.44. The average molecular weight is 390 g/mol. The Kier molecular flexibility index (Phi) is 4.59. The van der Waals surface area contributed by atoms with Crippen LogP contribution in [0.15, 0.2) is 47.4 Å². The maximum absolute atomic E-state index is 5.41. The third kappa shape index (κ3) is 3.31. The molecule has 1 aromatic carbocycles. The minimum atomic E-state index is 0.187. The molecule has 1 saturated heterocycles. The summed E-state index contributed by atoms with van der Waals surface area (Å²) in [5, 5.41) is 4.15. The van der Waals surface area contributed by atoms with Crippen molar-refractivity contribution in [3.63, 3.8) is 0 Å². The van der Waals surface area contributed by atoms with Gasteiger partial charge in [0.05, 0.1) is 11.9 Å². The van der Waals surface area contributed by atoms with E-state index in [1.165, 1.54) is 16.7 Å². The van der Waals surface area contributed by atoms with Gasteiger partial charge in [0.15, 0.2) is 0 Å². The highest BCUT2D eigenvalue weighted by Gasteiger charge is 2.42. The predicted octanol–water partition coefficient (Wildman–Crippen LogP) is 3.64. The van der Waals surface area contributed by atoms with Gasteiger partial charge in [-0.25, -0.2) is 4.98 Å². The van der Waals surface area contributed by atoms with Crippen molar-refractivity contribution in [3.05, 3.63) is 71.0 Å². The fourth-order valence-electron chi connectivity index (χ4n) is 5.09. The molecule has 0 amide bonds. The van der Waals surface area contributed by atoms with E-state index in [0.29, 0.717) is 0 Å². The third-order valence-corrected chi connectivity index (χ3v) is 6.67. The highest BCUT2D eigenvalue weighted by atomic mass is 16.5. The number of piperidine rings is 1. The second-order valence-corrected chi connectivity index (χ2v) is 8.44. The van der Waals surface area contributed by atoms with E-state index in [1.807, 2.05) is 20.0 Å². The van der Waals surface area contributed by atoms with Gasteiger partial charge in [-0.1, -0.05) is 29.4 Å². The van der Waals surface area contributed by atoms with E-state index in [-0.39, 0.29) is 5.41 Å². The number of anilines is 1. The van der Waals surface area contributed by atoms with Gasteiger partial charge in [-0.05, 0) is 37.8 Å². The zero-order valence-corrected chi connectivity index (χ0v) is 17.1. The van der Waals surface area contributed by atoms with Crippen LogP contribution in [0.2, 0.25) is 0 Å². The zero-order chi connectivity index (χ0) is 19.8. The molecule has 0 atom stereocenters. The molecule has 2 aliphatic heterocycles. The molecule has 1 fully saturated rings. The standard InChI is InChI=1S/C23H27N5O/c1-17-20(18(2)29-26-17)15-27-14-19-5-3-4-6-21(19)23(16-27)7-11-28(12-8-23)22-13-24-9-10-25-22/h3-6,9-10,13H,7-8,11-12,14-16H2,1-2H3. The van der Waals surface area contributed by atoms with Crippen LogP contribution < -0.4 is 4.90 Å². The van der Waals surface area contributed by atoms with Crippen LogP contribution in [0.5, 0.6) is 0 Å². The summed E-state index contributed by atoms with van der Waals surface area (Å²) in [4.78, 5) is 13.7. The van der Waals surface area contributed by atoms with Gasteiger partial charge >= 0.3 is 0 Å². The van der Waals surface area contributed by atoms with E-state index in [1.54, 1.807) is 12.4 Å². The van der Waals surface area contributed by atoms with E-state index in [9.17, 15) is 0 Å². The first-order valence-corrected chi connectivity index (χ1v) is 10.4. The van der Waals surface area contributed by atoms with Crippen molar-refractivity contribution in [2.75, 3.05) is 24.5 Å². The molecule has 0 unspecified atom stereocenters. The Morgan fingerprint density at radius 3 is 2.66 bits per heavy atom. The molecule has 0 saturated carbocycles. The van der Waals surface area contributed by atoms with Crippen molar-refractivity contribution in [1.29, 1.82) is 0 Å². The molecule has 1 spiro atoms. The summed E-state index contributed by atoms with van der Waals surface area (Å²) in [7, 11) is 0. The molecule has 150 valence electrons. The zero-order valence-electron chi connectivity index (χ0n) is 17.1. The van der Waals surface area contributed by atoms with Crippen molar-refractivity contribution in [2.45, 2.75) is 45.2 Å². The molecular weight excluding hydrogens is 362 g/mol. The summed E-state index contributed by atoms with van der Waals surface area (Å²) in [5.41, 5.74) is 5.42. The van der Waals surface area contributed by atoms with E-state index in [0.717, 1.165) is 62.8 Å². The van der Waals surface area contributed by atoms with Gasteiger partial charge < -0.3 is 9.42 Å². The monoisotopic (exact) mass is 389 g/mol. The summed E-state index contributed by atoms with van der Waals surface area (Å²) in [6, 6.07) is 9.01. The summed E-state index contributed by atoms with van der Waals surface area (Å²) in [6.07, 6.45) is 7.63. The highest BCUT2D eigenvalue weighted by Crippen LogP contribution is 2.42. The Hall–Kier alpha value is -2.73. The quantitative estimate of drug-likeness (QED) is 0.682. The Balaban J connectivity index is 1.41. The Bertz CT molecular complexity index is 972. The number of benzene rings is 1. The van der Waals surface area contributed by atoms with Gasteiger partial charge in [0.1, 0.15) is 11.6 Å². The van der Waals surface area contributed by atoms with Gasteiger partial charge in [-0.2, -0.15) is 0 Å². The highest BCUT2D eigenvalue weighted by molar-refractivity contribution is 5.42. The first-order chi connectivity index (χ1) is 14.1. The number of hydrogen-bond donors (Lipinski definition) is 0. The van der Waals surface area contributed by atoms with E-state index in [4.69, 9.17) is 4.52 Å². The molecule has 5 rings (SSSR count). The fourth-order valence-corrected chi connectivity index (χ4v) is 5.09. The fraction of sp³-hybridized carbons (Fsp3) is 0.435. The minimum Gasteiger partial charge on any atom is -0.361 e. The molecule has 2 aromatic heterocycles. The molecule has 6 nitrogen and oxygen atoms in total. The lowest BCUT2D eigenvalue weighted by Gasteiger charge is -2.49. The molecule has 4 heterocycles. The van der Waals surface area contributed by atoms with Crippen LogP contribution in [0.1, 0.15) is 41.0 Å². The summed E-state index contributed by atoms with van der Waals surface area (Å²) in [6.45, 7) is 9.02. The first-order valence-electron chi connectivity index (χ1n) is 10.4. The lowest BCUT2D eigenvalue weighted by atomic mass is 9.68. The molecule has 6 heteroatoms. The van der Waals surface area contributed by atoms with E-state index in [2.05, 4.69) is 49.2 Å². The molecule has 0 N–H and O–H groups in total. The Morgan fingerprint density at radius 1 is 1.10 bits per heavy atom. The van der Waals surface area contributed by atoms with Crippen molar-refractivity contribution < 1.29 is 4.52 Å². The largest absolute Gasteiger partial charge is 0.361 e. The average Bonchev–Trinajstić information content (AvgIpc) is 3.07. The molecule has 2 aliphatic rings. The number of hydrogen-bond acceptors (Lipinski definition) is 6. The first kappa shape index (κ1) is 18.3. The van der Waals surface area contributed by atoms with Gasteiger partial charge in [0.2, 0.25) is 0 Å². The number of fused-ring (bicyclic) bond motifs is 2. The second kappa shape index (κ2) is 7.26. The summed E-state index contributed by atoms with van der Waals surface area (Å²) >= 11 is 0. The number of rotatable bonds is 3. The minimum absolute atomic E-state index is 0.187. The molecule has 0 aliphatic carbocycles.